The molecule has 2 atom stereocenters. The summed E-state index contributed by atoms with van der Waals surface area (Å²) in [5.74, 6) is -0.963. The summed E-state index contributed by atoms with van der Waals surface area (Å²) in [6, 6.07) is 1.22. The summed E-state index contributed by atoms with van der Waals surface area (Å²) in [5.41, 5.74) is -2.04. The number of nitro groups is 1. The highest BCUT2D eigenvalue weighted by Crippen LogP contribution is 2.41. The number of piperazine rings is 1. The number of rotatable bonds is 6. The topological polar surface area (TPSA) is 150 Å². The minimum atomic E-state index is -1.25. The molecule has 1 aliphatic heterocycles. The smallest absolute Gasteiger partial charge is 0.410 e. The van der Waals surface area contributed by atoms with Gasteiger partial charge in [0.25, 0.3) is 0 Å². The molecule has 4 rings (SSSR count). The lowest BCUT2D eigenvalue weighted by Crippen LogP contribution is -2.62. The van der Waals surface area contributed by atoms with E-state index < -0.39 is 45.9 Å². The number of hydrogen-bond acceptors (Lipinski definition) is 11. The third kappa shape index (κ3) is 6.54. The summed E-state index contributed by atoms with van der Waals surface area (Å²) in [7, 11) is 1.17. The zero-order valence-corrected chi connectivity index (χ0v) is 28.4. The van der Waals surface area contributed by atoms with E-state index in [4.69, 9.17) is 32.7 Å². The maximum atomic E-state index is 14.4. The van der Waals surface area contributed by atoms with Crippen molar-refractivity contribution in [3.8, 4) is 5.69 Å². The van der Waals surface area contributed by atoms with Gasteiger partial charge in [-0.2, -0.15) is 0 Å². The first-order chi connectivity index (χ1) is 21.0. The molecule has 0 unspecified atom stereocenters. The number of aromatic nitrogens is 3. The van der Waals surface area contributed by atoms with Crippen LogP contribution in [-0.4, -0.2) is 80.6 Å². The number of anilines is 1. The molecule has 4 heterocycles. The number of ether oxygens (including phenoxy) is 2. The molecule has 45 heavy (non-hydrogen) atoms. The number of nitrogens with zero attached hydrogens (tertiary/aromatic N) is 6. The van der Waals surface area contributed by atoms with Crippen molar-refractivity contribution in [2.75, 3.05) is 31.4 Å². The fourth-order valence-corrected chi connectivity index (χ4v) is 6.17. The Hall–Kier alpha value is -3.62. The van der Waals surface area contributed by atoms with Crippen molar-refractivity contribution in [2.24, 2.45) is 0 Å². The number of esters is 1. The number of fused-ring (bicyclic) bond motifs is 1. The molecule has 0 radical (unpaired) electrons. The van der Waals surface area contributed by atoms with Crippen LogP contribution in [0.1, 0.15) is 53.2 Å². The van der Waals surface area contributed by atoms with E-state index in [0.29, 0.717) is 16.3 Å². The van der Waals surface area contributed by atoms with Crippen molar-refractivity contribution in [1.29, 1.82) is 0 Å². The zero-order chi connectivity index (χ0) is 33.5. The Morgan fingerprint density at radius 2 is 1.87 bits per heavy atom. The minimum Gasteiger partial charge on any atom is -0.467 e. The predicted molar refractivity (Wildman–Crippen MR) is 173 cm³/mol. The normalized spacial score (nSPS) is 17.1. The van der Waals surface area contributed by atoms with Crippen LogP contribution in [0, 0.1) is 10.1 Å². The maximum absolute atomic E-state index is 14.4. The highest BCUT2D eigenvalue weighted by Gasteiger charge is 2.44. The molecule has 0 aliphatic carbocycles. The lowest BCUT2D eigenvalue weighted by atomic mass is 10.0. The van der Waals surface area contributed by atoms with Crippen molar-refractivity contribution in [2.45, 2.75) is 70.0 Å². The standard InChI is InChI=1S/C29H34Cl2N6O7S/c1-14(2)20-22(19(45-8)9-10-32-20)36-25-16(11-17(30)24(31)33-25)21(23(26(36)38)37(41)42)35-12-15(3)34(13-18(35)27(39)43-7)28(40)44-29(4,5)6/h9-11,14-15,18H,12-13H2,1-8H3/t15-,18-/m1/s1. The molecule has 1 saturated heterocycles. The molecule has 1 amide bonds. The SMILES string of the molecule is COC(=O)[C@H]1CN(C(=O)OC(C)(C)C)[C@H](C)CN1c1c([N+](=O)[O-])c(=O)n(-c2c(SC)ccnc2C(C)C)c2nc(Cl)c(Cl)cc12. The molecule has 242 valence electrons. The van der Waals surface area contributed by atoms with E-state index in [1.54, 1.807) is 40.0 Å². The van der Waals surface area contributed by atoms with Gasteiger partial charge in [-0.3, -0.25) is 24.5 Å². The second-order valence-corrected chi connectivity index (χ2v) is 13.4. The average Bonchev–Trinajstić information content (AvgIpc) is 2.95. The van der Waals surface area contributed by atoms with Gasteiger partial charge in [0.05, 0.1) is 40.4 Å². The van der Waals surface area contributed by atoms with E-state index >= 15 is 0 Å². The lowest BCUT2D eigenvalue weighted by molar-refractivity contribution is -0.385. The van der Waals surface area contributed by atoms with Crippen LogP contribution in [0.15, 0.2) is 28.0 Å². The maximum Gasteiger partial charge on any atom is 0.410 e. The summed E-state index contributed by atoms with van der Waals surface area (Å²) < 4.78 is 11.8. The second kappa shape index (κ2) is 13.0. The molecule has 1 aliphatic rings. The summed E-state index contributed by atoms with van der Waals surface area (Å²) in [5, 5.41) is 12.8. The molecule has 16 heteroatoms. The van der Waals surface area contributed by atoms with Gasteiger partial charge in [-0.05, 0) is 52.0 Å². The van der Waals surface area contributed by atoms with E-state index in [1.807, 2.05) is 20.1 Å². The highest BCUT2D eigenvalue weighted by molar-refractivity contribution is 7.98. The summed E-state index contributed by atoms with van der Waals surface area (Å²) in [6.45, 7) is 10.3. The largest absolute Gasteiger partial charge is 0.467 e. The third-order valence-corrected chi connectivity index (χ3v) is 8.67. The van der Waals surface area contributed by atoms with Crippen LogP contribution in [0.2, 0.25) is 10.2 Å². The van der Waals surface area contributed by atoms with Crippen molar-refractivity contribution in [3.05, 3.63) is 54.7 Å². The Morgan fingerprint density at radius 1 is 1.20 bits per heavy atom. The Balaban J connectivity index is 2.11. The zero-order valence-electron chi connectivity index (χ0n) is 26.1. The molecule has 0 N–H and O–H groups in total. The fraction of sp³-hybridized carbons (Fsp3) is 0.483. The number of amides is 1. The van der Waals surface area contributed by atoms with Gasteiger partial charge < -0.3 is 19.3 Å². The van der Waals surface area contributed by atoms with Crippen molar-refractivity contribution in [1.82, 2.24) is 19.4 Å². The number of halogens is 2. The highest BCUT2D eigenvalue weighted by atomic mass is 35.5. The van der Waals surface area contributed by atoms with Gasteiger partial charge in [-0.25, -0.2) is 14.6 Å². The van der Waals surface area contributed by atoms with Crippen molar-refractivity contribution >= 4 is 69.4 Å². The minimum absolute atomic E-state index is 0.0222. The van der Waals surface area contributed by atoms with E-state index in [0.717, 1.165) is 4.57 Å². The quantitative estimate of drug-likeness (QED) is 0.102. The summed E-state index contributed by atoms with van der Waals surface area (Å²) >= 11 is 14.2. The lowest BCUT2D eigenvalue weighted by Gasteiger charge is -2.44. The number of pyridine rings is 3. The van der Waals surface area contributed by atoms with Crippen LogP contribution < -0.4 is 10.5 Å². The van der Waals surface area contributed by atoms with Crippen LogP contribution in [0.3, 0.4) is 0 Å². The average molecular weight is 682 g/mol. The molecule has 0 aromatic carbocycles. The first-order valence-electron chi connectivity index (χ1n) is 14.0. The van der Waals surface area contributed by atoms with E-state index in [2.05, 4.69) is 9.97 Å². The van der Waals surface area contributed by atoms with Gasteiger partial charge in [0, 0.05) is 23.7 Å². The van der Waals surface area contributed by atoms with Crippen LogP contribution >= 0.6 is 35.0 Å². The van der Waals surface area contributed by atoms with Crippen LogP contribution in [-0.2, 0) is 14.3 Å². The molecule has 13 nitrogen and oxygen atoms in total. The summed E-state index contributed by atoms with van der Waals surface area (Å²) in [4.78, 5) is 65.2. The number of carbonyl (C=O) groups is 2. The first-order valence-corrected chi connectivity index (χ1v) is 16.0. The Morgan fingerprint density at radius 3 is 2.42 bits per heavy atom. The Labute approximate surface area is 273 Å². The number of carbonyl (C=O) groups excluding carboxylic acids is 2. The van der Waals surface area contributed by atoms with Crippen LogP contribution in [0.5, 0.6) is 0 Å². The van der Waals surface area contributed by atoms with Crippen molar-refractivity contribution in [3.63, 3.8) is 0 Å². The Kier molecular flexibility index (Phi) is 9.90. The molecule has 0 saturated carbocycles. The van der Waals surface area contributed by atoms with E-state index in [9.17, 15) is 24.5 Å². The van der Waals surface area contributed by atoms with E-state index in [1.165, 1.54) is 34.7 Å². The van der Waals surface area contributed by atoms with Crippen molar-refractivity contribution < 1.29 is 24.0 Å². The van der Waals surface area contributed by atoms with Gasteiger partial charge in [0.15, 0.2) is 5.65 Å². The Bertz CT molecular complexity index is 1740. The van der Waals surface area contributed by atoms with Gasteiger partial charge in [0.2, 0.25) is 0 Å². The first kappa shape index (κ1) is 34.3. The molecular formula is C29H34Cl2N6O7S. The van der Waals surface area contributed by atoms with E-state index in [-0.39, 0.29) is 45.9 Å². The molecule has 0 bridgehead atoms. The van der Waals surface area contributed by atoms with Gasteiger partial charge in [-0.1, -0.05) is 37.0 Å². The van der Waals surface area contributed by atoms with Gasteiger partial charge in [0.1, 0.15) is 22.5 Å². The predicted octanol–water partition coefficient (Wildman–Crippen LogP) is 5.83. The fourth-order valence-electron chi connectivity index (χ4n) is 5.29. The summed E-state index contributed by atoms with van der Waals surface area (Å²) in [6.07, 6.45) is 2.74. The third-order valence-electron chi connectivity index (χ3n) is 7.23. The number of hydrogen-bond donors (Lipinski definition) is 0. The van der Waals surface area contributed by atoms with Crippen LogP contribution in [0.4, 0.5) is 16.2 Å². The number of thioether (sulfide) groups is 1. The second-order valence-electron chi connectivity index (χ2n) is 11.8. The van der Waals surface area contributed by atoms with Crippen LogP contribution in [0.25, 0.3) is 16.7 Å². The molecule has 3 aromatic heterocycles. The molecule has 0 spiro atoms. The van der Waals surface area contributed by atoms with Gasteiger partial charge in [-0.15, -0.1) is 11.8 Å². The number of methoxy groups -OCH3 is 1. The van der Waals surface area contributed by atoms with Gasteiger partial charge >= 0.3 is 23.3 Å². The monoisotopic (exact) mass is 680 g/mol. The molecule has 1 fully saturated rings. The molecular weight excluding hydrogens is 647 g/mol. The molecule has 3 aromatic rings.